The van der Waals surface area contributed by atoms with E-state index < -0.39 is 141 Å². The van der Waals surface area contributed by atoms with Gasteiger partial charge in [-0.25, -0.2) is 0 Å². The molecule has 0 fully saturated rings. The lowest BCUT2D eigenvalue weighted by Crippen LogP contribution is -2.28. The topological polar surface area (TPSA) is 16.4 Å². The lowest BCUT2D eigenvalue weighted by atomic mass is 9.67. The van der Waals surface area contributed by atoms with Gasteiger partial charge in [-0.15, -0.1) is 0 Å². The second-order valence-corrected chi connectivity index (χ2v) is 14.0. The molecule has 2 aliphatic rings. The van der Waals surface area contributed by atoms with Crippen LogP contribution in [0.1, 0.15) is 69.2 Å². The molecule has 2 heteroatoms. The van der Waals surface area contributed by atoms with E-state index in [0.29, 0.717) is 33.3 Å². The van der Waals surface area contributed by atoms with E-state index in [9.17, 15) is 12.3 Å². The number of anilines is 3. The molecule has 11 rings (SSSR count). The molecule has 0 unspecified atom stereocenters. The lowest BCUT2D eigenvalue weighted by Gasteiger charge is -2.35. The summed E-state index contributed by atoms with van der Waals surface area (Å²) in [5.74, 6) is 0. The number of nitrogens with zero attached hydrogens (tertiary/aromatic N) is 1. The quantitative estimate of drug-likeness (QED) is 0.177. The molecular weight excluding hydrogens is 655 g/mol. The molecule has 54 heavy (non-hydrogen) atoms. The number of rotatable bonds is 5. The van der Waals surface area contributed by atoms with Crippen LogP contribution in [0.3, 0.4) is 0 Å². The summed E-state index contributed by atoms with van der Waals surface area (Å²) in [6.07, 6.45) is 0. The van der Waals surface area contributed by atoms with Crippen LogP contribution in [0.15, 0.2) is 192 Å². The van der Waals surface area contributed by atoms with Crippen molar-refractivity contribution >= 4 is 39.0 Å². The van der Waals surface area contributed by atoms with Gasteiger partial charge in [0.2, 0.25) is 0 Å². The third-order valence-electron chi connectivity index (χ3n) is 11.0. The predicted molar refractivity (Wildman–Crippen MR) is 223 cm³/mol. The van der Waals surface area contributed by atoms with Gasteiger partial charge in [0, 0.05) is 22.2 Å². The van der Waals surface area contributed by atoms with Crippen molar-refractivity contribution in [2.45, 2.75) is 24.7 Å². The van der Waals surface area contributed by atoms with E-state index in [2.05, 4.69) is 19.9 Å². The molecule has 0 aliphatic heterocycles. The first-order valence-corrected chi connectivity index (χ1v) is 17.5. The Balaban J connectivity index is 1.37. The van der Waals surface area contributed by atoms with Crippen molar-refractivity contribution in [3.8, 4) is 22.3 Å². The summed E-state index contributed by atoms with van der Waals surface area (Å²) in [7, 11) is 0. The lowest BCUT2D eigenvalue weighted by molar-refractivity contribution is 0.660. The smallest absolute Gasteiger partial charge is 0.137 e. The van der Waals surface area contributed by atoms with Crippen molar-refractivity contribution in [1.29, 1.82) is 0 Å². The van der Waals surface area contributed by atoms with Crippen molar-refractivity contribution in [2.75, 3.05) is 4.90 Å². The summed E-state index contributed by atoms with van der Waals surface area (Å²) in [4.78, 5) is 1.60. The molecule has 2 nitrogen and oxygen atoms in total. The SMILES string of the molecule is [2H]c1cc(C2(c3c([2H])c([2H])c([2H])c(N(c4ccc5c(c4)C(C)(C)c4ccccc4-5)c4cccc5oc6ccccc6c45)c3[2H])c3c([2H])c([2H])c([2H])c([2H])c3-c3c([2H])c([2H])c([2H])c([2H])c32)c([2H])c([2H])c1[2H]. The molecule has 8 aromatic carbocycles. The number of fused-ring (bicyclic) bond motifs is 9. The fourth-order valence-electron chi connectivity index (χ4n) is 8.62. The predicted octanol–water partition coefficient (Wildman–Crippen LogP) is 13.7. The second kappa shape index (κ2) is 11.4. The molecule has 2 aliphatic carbocycles. The summed E-state index contributed by atoms with van der Waals surface area (Å²) >= 11 is 0. The van der Waals surface area contributed by atoms with Crippen molar-refractivity contribution in [1.82, 2.24) is 0 Å². The normalized spacial score (nSPS) is 18.6. The second-order valence-electron chi connectivity index (χ2n) is 14.0. The van der Waals surface area contributed by atoms with Gasteiger partial charge in [0.25, 0.3) is 0 Å². The van der Waals surface area contributed by atoms with Crippen molar-refractivity contribution in [2.24, 2.45) is 0 Å². The van der Waals surface area contributed by atoms with Crippen LogP contribution in [0.25, 0.3) is 44.2 Å². The molecule has 0 saturated carbocycles. The van der Waals surface area contributed by atoms with Crippen LogP contribution >= 0.6 is 0 Å². The van der Waals surface area contributed by atoms with Gasteiger partial charge in [-0.05, 0) is 98.1 Å². The number of furan rings is 1. The highest BCUT2D eigenvalue weighted by molar-refractivity contribution is 6.13. The van der Waals surface area contributed by atoms with Gasteiger partial charge in [0.1, 0.15) is 11.2 Å². The Labute approximate surface area is 338 Å². The van der Waals surface area contributed by atoms with Crippen molar-refractivity contribution < 1.29 is 26.3 Å². The average molecular weight is 708 g/mol. The number of hydrogen-bond acceptors (Lipinski definition) is 2. The number of benzene rings is 8. The molecule has 0 saturated heterocycles. The fraction of sp³-hybridized carbons (Fsp3) is 0.0769. The van der Waals surface area contributed by atoms with Crippen molar-refractivity contribution in [3.63, 3.8) is 0 Å². The van der Waals surface area contributed by atoms with Crippen LogP contribution in [0, 0.1) is 0 Å². The van der Waals surface area contributed by atoms with Crippen LogP contribution in [-0.4, -0.2) is 0 Å². The molecule has 0 spiro atoms. The van der Waals surface area contributed by atoms with E-state index in [1.165, 1.54) is 0 Å². The van der Waals surface area contributed by atoms with E-state index in [4.69, 9.17) is 14.0 Å². The molecule has 0 radical (unpaired) electrons. The van der Waals surface area contributed by atoms with Crippen LogP contribution in [0.2, 0.25) is 0 Å². The maximum atomic E-state index is 10.6. The van der Waals surface area contributed by atoms with Crippen LogP contribution in [0.5, 0.6) is 0 Å². The zero-order valence-electron chi connectivity index (χ0n) is 45.0. The Morgan fingerprint density at radius 1 is 0.500 bits per heavy atom. The monoisotopic (exact) mass is 707 g/mol. The van der Waals surface area contributed by atoms with Gasteiger partial charge in [-0.2, -0.15) is 0 Å². The average Bonchev–Trinajstić information content (AvgIpc) is 3.97. The Kier molecular flexibility index (Phi) is 4.00. The maximum Gasteiger partial charge on any atom is 0.137 e. The highest BCUT2D eigenvalue weighted by Gasteiger charge is 2.46. The minimum atomic E-state index is -2.76. The van der Waals surface area contributed by atoms with Gasteiger partial charge in [0.05, 0.1) is 38.4 Å². The standard InChI is InChI=1S/C52H37NO/c1-51(2)43-24-10-6-20-38(43)41-31-30-37(33-46(41)51)53(47-27-15-29-49-50(47)42-23-9-13-28-48(42)54-49)36-19-14-18-35(32-36)52(34-16-4-3-5-17-34)44-25-11-7-21-39(44)40-22-8-12-26-45(40)52/h3-33H,1-2H3/i3D,4D,5D,7D,8D,11D,12D,14D,16D,18D,19D,21D,22D,25D,26D,32D. The molecule has 0 amide bonds. The van der Waals surface area contributed by atoms with E-state index in [-0.39, 0.29) is 5.69 Å². The van der Waals surface area contributed by atoms with Crippen LogP contribution in [0.4, 0.5) is 17.1 Å². The Bertz CT molecular complexity index is 3790. The molecule has 9 aromatic rings. The molecule has 1 heterocycles. The molecule has 0 bridgehead atoms. The minimum Gasteiger partial charge on any atom is -0.456 e. The van der Waals surface area contributed by atoms with E-state index in [0.717, 1.165) is 28.3 Å². The first-order chi connectivity index (χ1) is 33.2. The van der Waals surface area contributed by atoms with Gasteiger partial charge < -0.3 is 9.32 Å². The number of hydrogen-bond donors (Lipinski definition) is 0. The van der Waals surface area contributed by atoms with E-state index >= 15 is 0 Å². The summed E-state index contributed by atoms with van der Waals surface area (Å²) in [5.41, 5.74) is -1.03. The fourth-order valence-corrected chi connectivity index (χ4v) is 8.62. The summed E-state index contributed by atoms with van der Waals surface area (Å²) in [6, 6.07) is 15.0. The first kappa shape index (κ1) is 18.9. The number of para-hydroxylation sites is 1. The molecular formula is C52H37NO. The first-order valence-electron chi connectivity index (χ1n) is 25.5. The maximum absolute atomic E-state index is 10.6. The Morgan fingerprint density at radius 3 is 2.06 bits per heavy atom. The Morgan fingerprint density at radius 2 is 1.20 bits per heavy atom. The zero-order chi connectivity index (χ0) is 49.9. The highest BCUT2D eigenvalue weighted by Crippen LogP contribution is 2.57. The summed E-state index contributed by atoms with van der Waals surface area (Å²) in [6.45, 7) is 4.17. The van der Waals surface area contributed by atoms with Crippen LogP contribution < -0.4 is 4.90 Å². The van der Waals surface area contributed by atoms with Gasteiger partial charge in [-0.3, -0.25) is 0 Å². The van der Waals surface area contributed by atoms with Crippen molar-refractivity contribution in [3.05, 3.63) is 221 Å². The van der Waals surface area contributed by atoms with Gasteiger partial charge >= 0.3 is 0 Å². The summed E-state index contributed by atoms with van der Waals surface area (Å²) < 4.78 is 156. The largest absolute Gasteiger partial charge is 0.456 e. The van der Waals surface area contributed by atoms with E-state index in [1.807, 2.05) is 54.6 Å². The van der Waals surface area contributed by atoms with E-state index in [1.54, 1.807) is 29.2 Å². The van der Waals surface area contributed by atoms with Crippen LogP contribution in [-0.2, 0) is 10.8 Å². The highest BCUT2D eigenvalue weighted by atomic mass is 16.3. The summed E-state index contributed by atoms with van der Waals surface area (Å²) in [5, 5.41) is 1.21. The molecule has 0 N–H and O–H groups in total. The third kappa shape index (κ3) is 4.17. The third-order valence-corrected chi connectivity index (χ3v) is 11.0. The zero-order valence-corrected chi connectivity index (χ0v) is 29.0. The van der Waals surface area contributed by atoms with Gasteiger partial charge in [-0.1, -0.05) is 159 Å². The minimum absolute atomic E-state index is 0.320. The molecule has 1 aromatic heterocycles. The Hall–Kier alpha value is -6.64. The molecule has 0 atom stereocenters. The molecule has 256 valence electrons. The van der Waals surface area contributed by atoms with Gasteiger partial charge in [0.15, 0.2) is 0 Å².